The smallest absolute Gasteiger partial charge is 0.338 e. The highest BCUT2D eigenvalue weighted by Crippen LogP contribution is 2.10. The molecule has 0 saturated heterocycles. The number of ether oxygens (including phenoxy) is 1. The van der Waals surface area contributed by atoms with Crippen LogP contribution in [0.4, 0.5) is 0 Å². The molecule has 2 aromatic carbocycles. The molecular formula is C18H18O7. The van der Waals surface area contributed by atoms with E-state index in [1.165, 1.54) is 24.3 Å². The Morgan fingerprint density at radius 2 is 1.48 bits per heavy atom. The maximum Gasteiger partial charge on any atom is 0.338 e. The molecule has 7 nitrogen and oxygen atoms in total. The van der Waals surface area contributed by atoms with Gasteiger partial charge in [0, 0.05) is 0 Å². The molecule has 0 fully saturated rings. The Kier molecular flexibility index (Phi) is 5.45. The normalized spacial score (nSPS) is 11.7. The van der Waals surface area contributed by atoms with Crippen LogP contribution in [0.5, 0.6) is 5.75 Å². The van der Waals surface area contributed by atoms with Crippen LogP contribution in [-0.4, -0.2) is 39.8 Å². The summed E-state index contributed by atoms with van der Waals surface area (Å²) < 4.78 is 34.4. The van der Waals surface area contributed by atoms with E-state index >= 15 is 0 Å². The molecule has 2 rings (SSSR count). The van der Waals surface area contributed by atoms with E-state index in [-0.39, 0.29) is 17.7 Å². The van der Waals surface area contributed by atoms with Gasteiger partial charge in [0.25, 0.3) is 0 Å². The second-order valence-corrected chi connectivity index (χ2v) is 4.52. The number of esters is 1. The van der Waals surface area contributed by atoms with Crippen molar-refractivity contribution >= 4 is 17.9 Å². The number of aromatic carboxylic acids is 2. The van der Waals surface area contributed by atoms with Crippen molar-refractivity contribution in [3.63, 3.8) is 0 Å². The fourth-order valence-corrected chi connectivity index (χ4v) is 1.53. The van der Waals surface area contributed by atoms with E-state index in [1.54, 1.807) is 6.92 Å². The Morgan fingerprint density at radius 1 is 1.00 bits per heavy atom. The zero-order valence-corrected chi connectivity index (χ0v) is 13.2. The van der Waals surface area contributed by atoms with Gasteiger partial charge in [-0.1, -0.05) is 19.1 Å². The minimum Gasteiger partial charge on any atom is -0.508 e. The number of aromatic hydroxyl groups is 1. The lowest BCUT2D eigenvalue weighted by atomic mass is 10.1. The Labute approximate surface area is 149 Å². The summed E-state index contributed by atoms with van der Waals surface area (Å²) in [6, 6.07) is 3.00. The number of hydrogen-bond donors (Lipinski definition) is 3. The molecule has 0 aliphatic rings. The van der Waals surface area contributed by atoms with Crippen LogP contribution in [0.3, 0.4) is 0 Å². The fraction of sp³-hybridized carbons (Fsp3) is 0.167. The van der Waals surface area contributed by atoms with Crippen molar-refractivity contribution in [3.05, 3.63) is 65.1 Å². The third-order valence-corrected chi connectivity index (χ3v) is 2.64. The van der Waals surface area contributed by atoms with E-state index in [0.717, 1.165) is 0 Å². The van der Waals surface area contributed by atoms with Crippen molar-refractivity contribution in [1.29, 1.82) is 0 Å². The van der Waals surface area contributed by atoms with Gasteiger partial charge in [-0.2, -0.15) is 0 Å². The third-order valence-electron chi connectivity index (χ3n) is 2.64. The van der Waals surface area contributed by atoms with Gasteiger partial charge in [0.1, 0.15) is 5.75 Å². The SMILES string of the molecule is O=C(O)c1ccccc1C(=O)O.[2H]c1c([2H])c(C(=O)OCCC)c([2H])c([2H])c1O. The van der Waals surface area contributed by atoms with Crippen LogP contribution in [0.25, 0.3) is 0 Å². The van der Waals surface area contributed by atoms with E-state index in [1.807, 2.05) is 0 Å². The minimum atomic E-state index is -1.23. The zero-order chi connectivity index (χ0) is 22.3. The summed E-state index contributed by atoms with van der Waals surface area (Å²) in [6.45, 7) is 1.93. The average molecular weight is 350 g/mol. The summed E-state index contributed by atoms with van der Waals surface area (Å²) in [4.78, 5) is 32.5. The average Bonchev–Trinajstić information content (AvgIpc) is 2.69. The molecule has 0 unspecified atom stereocenters. The van der Waals surface area contributed by atoms with Gasteiger partial charge >= 0.3 is 17.9 Å². The van der Waals surface area contributed by atoms with Crippen molar-refractivity contribution in [2.75, 3.05) is 6.61 Å². The van der Waals surface area contributed by atoms with Crippen LogP contribution in [0.2, 0.25) is 0 Å². The van der Waals surface area contributed by atoms with Crippen molar-refractivity contribution < 1.29 is 39.9 Å². The van der Waals surface area contributed by atoms with Crippen LogP contribution in [-0.2, 0) is 4.74 Å². The number of carboxylic acid groups (broad SMARTS) is 2. The number of carbonyl (C=O) groups excluding carboxylic acids is 1. The van der Waals surface area contributed by atoms with Gasteiger partial charge in [-0.15, -0.1) is 0 Å². The minimum absolute atomic E-state index is 0.138. The molecular weight excluding hydrogens is 328 g/mol. The summed E-state index contributed by atoms with van der Waals surface area (Å²) in [5.41, 5.74) is -0.832. The van der Waals surface area contributed by atoms with Crippen molar-refractivity contribution in [3.8, 4) is 5.75 Å². The van der Waals surface area contributed by atoms with E-state index in [9.17, 15) is 19.5 Å². The predicted octanol–water partition coefficient (Wildman–Crippen LogP) is 3.04. The number of phenolic OH excluding ortho intramolecular Hbond substituents is 1. The number of phenols is 1. The Bertz CT molecular complexity index is 882. The first kappa shape index (κ1) is 14.0. The van der Waals surface area contributed by atoms with Crippen LogP contribution >= 0.6 is 0 Å². The molecule has 132 valence electrons. The summed E-state index contributed by atoms with van der Waals surface area (Å²) in [5.74, 6) is -4.14. The standard InChI is InChI=1S/C10H12O3.C8H6O4/c1-2-7-13-10(12)8-3-5-9(11)6-4-8;9-7(10)5-3-1-2-4-6(5)8(11)12/h3-6,11H,2,7H2,1H3;1-4H,(H,9,10)(H,11,12)/i3D,4D,5D,6D;. The topological polar surface area (TPSA) is 121 Å². The zero-order valence-electron chi connectivity index (χ0n) is 17.2. The van der Waals surface area contributed by atoms with Gasteiger partial charge in [0.15, 0.2) is 0 Å². The lowest BCUT2D eigenvalue weighted by Crippen LogP contribution is -2.06. The highest BCUT2D eigenvalue weighted by molar-refractivity contribution is 6.01. The van der Waals surface area contributed by atoms with Crippen molar-refractivity contribution in [2.45, 2.75) is 13.3 Å². The molecule has 3 N–H and O–H groups in total. The molecule has 0 spiro atoms. The molecule has 0 aliphatic carbocycles. The van der Waals surface area contributed by atoms with E-state index < -0.39 is 53.4 Å². The number of carbonyl (C=O) groups is 3. The van der Waals surface area contributed by atoms with E-state index in [0.29, 0.717) is 6.42 Å². The number of hydrogen-bond acceptors (Lipinski definition) is 5. The number of carboxylic acids is 2. The second kappa shape index (κ2) is 9.71. The quantitative estimate of drug-likeness (QED) is 0.709. The summed E-state index contributed by atoms with van der Waals surface area (Å²) in [5, 5.41) is 26.4. The molecule has 25 heavy (non-hydrogen) atoms. The van der Waals surface area contributed by atoms with Crippen molar-refractivity contribution in [1.82, 2.24) is 0 Å². The Hall–Kier alpha value is -3.35. The lowest BCUT2D eigenvalue weighted by molar-refractivity contribution is 0.0504. The molecule has 0 heterocycles. The first-order valence-electron chi connectivity index (χ1n) is 9.06. The first-order valence-corrected chi connectivity index (χ1v) is 7.06. The molecule has 0 atom stereocenters. The summed E-state index contributed by atoms with van der Waals surface area (Å²) in [7, 11) is 0. The highest BCUT2D eigenvalue weighted by atomic mass is 16.5. The van der Waals surface area contributed by atoms with Gasteiger partial charge in [-0.05, 0) is 42.7 Å². The third kappa shape index (κ3) is 6.34. The summed E-state index contributed by atoms with van der Waals surface area (Å²) in [6.07, 6.45) is 0.589. The molecule has 7 heteroatoms. The molecule has 0 aliphatic heterocycles. The maximum atomic E-state index is 11.6. The van der Waals surface area contributed by atoms with E-state index in [2.05, 4.69) is 0 Å². The first-order chi connectivity index (χ1) is 13.5. The van der Waals surface area contributed by atoms with Crippen molar-refractivity contribution in [2.24, 2.45) is 0 Å². The van der Waals surface area contributed by atoms with Crippen LogP contribution in [0.1, 0.15) is 49.9 Å². The fourth-order valence-electron chi connectivity index (χ4n) is 1.53. The largest absolute Gasteiger partial charge is 0.508 e. The molecule has 0 bridgehead atoms. The number of rotatable bonds is 5. The summed E-state index contributed by atoms with van der Waals surface area (Å²) >= 11 is 0. The molecule has 0 amide bonds. The highest BCUT2D eigenvalue weighted by Gasteiger charge is 2.13. The maximum absolute atomic E-state index is 11.6. The van der Waals surface area contributed by atoms with Crippen LogP contribution < -0.4 is 0 Å². The van der Waals surface area contributed by atoms with Crippen LogP contribution in [0, 0.1) is 0 Å². The molecule has 0 radical (unpaired) electrons. The number of benzene rings is 2. The molecule has 0 aromatic heterocycles. The second-order valence-electron chi connectivity index (χ2n) is 4.52. The van der Waals surface area contributed by atoms with Gasteiger partial charge < -0.3 is 20.1 Å². The Morgan fingerprint density at radius 3 is 1.88 bits per heavy atom. The molecule has 0 saturated carbocycles. The van der Waals surface area contributed by atoms with Gasteiger partial charge in [0.05, 0.1) is 28.8 Å². The van der Waals surface area contributed by atoms with Gasteiger partial charge in [-0.25, -0.2) is 14.4 Å². The Balaban J connectivity index is 0.000000308. The monoisotopic (exact) mass is 350 g/mol. The molecule has 2 aromatic rings. The van der Waals surface area contributed by atoms with Gasteiger partial charge in [-0.3, -0.25) is 0 Å². The van der Waals surface area contributed by atoms with Gasteiger partial charge in [0.2, 0.25) is 0 Å². The lowest BCUT2D eigenvalue weighted by Gasteiger charge is -2.02. The predicted molar refractivity (Wildman–Crippen MR) is 89.0 cm³/mol. The van der Waals surface area contributed by atoms with Crippen LogP contribution in [0.15, 0.2) is 48.4 Å². The van der Waals surface area contributed by atoms with E-state index in [4.69, 9.17) is 20.4 Å².